The molecule has 0 radical (unpaired) electrons. The van der Waals surface area contributed by atoms with Gasteiger partial charge in [-0.1, -0.05) is 30.3 Å². The van der Waals surface area contributed by atoms with Gasteiger partial charge in [-0.05, 0) is 30.0 Å². The molecule has 2 aliphatic rings. The normalized spacial score (nSPS) is 23.2. The molecule has 0 bridgehead atoms. The van der Waals surface area contributed by atoms with Crippen LogP contribution in [0, 0.1) is 5.92 Å². The summed E-state index contributed by atoms with van der Waals surface area (Å²) < 4.78 is 13.4. The molecular formula is C20H24N8O2S. The van der Waals surface area contributed by atoms with E-state index in [4.69, 9.17) is 20.1 Å². The van der Waals surface area contributed by atoms with Crippen molar-refractivity contribution >= 4 is 21.4 Å². The number of hydrogen-bond acceptors (Lipinski definition) is 8. The van der Waals surface area contributed by atoms with E-state index in [-0.39, 0.29) is 18.1 Å². The topological polar surface area (TPSA) is 114 Å². The molecule has 5 rings (SSSR count). The molecule has 0 saturated carbocycles. The minimum Gasteiger partial charge on any atom is -0.480 e. The van der Waals surface area contributed by atoms with E-state index in [1.54, 1.807) is 7.11 Å². The highest BCUT2D eigenvalue weighted by molar-refractivity contribution is 7.20. The third-order valence-corrected chi connectivity index (χ3v) is 7.02. The summed E-state index contributed by atoms with van der Waals surface area (Å²) in [6.07, 6.45) is 2.64. The SMILES string of the molecule is COc1nc(C(C)C)ccc1-c1cnc2sc(N3C[C@@H]4[C@@H](N=[N+]=[N-])CCO[C@H]4C3)nn12. The van der Waals surface area contributed by atoms with Crippen molar-refractivity contribution in [2.24, 2.45) is 11.0 Å². The molecule has 2 saturated heterocycles. The van der Waals surface area contributed by atoms with Gasteiger partial charge in [-0.15, -0.1) is 5.10 Å². The van der Waals surface area contributed by atoms with Gasteiger partial charge in [0, 0.05) is 42.3 Å². The molecule has 0 unspecified atom stereocenters. The first-order valence-corrected chi connectivity index (χ1v) is 11.2. The van der Waals surface area contributed by atoms with Crippen molar-refractivity contribution in [1.82, 2.24) is 19.6 Å². The molecule has 2 fully saturated rings. The second-order valence-electron chi connectivity index (χ2n) is 8.21. The van der Waals surface area contributed by atoms with Gasteiger partial charge in [-0.2, -0.15) is 0 Å². The minimum absolute atomic E-state index is 0.0248. The molecule has 3 atom stereocenters. The highest BCUT2D eigenvalue weighted by atomic mass is 32.1. The highest BCUT2D eigenvalue weighted by Crippen LogP contribution is 2.37. The third kappa shape index (κ3) is 3.48. The Hall–Kier alpha value is -2.88. The van der Waals surface area contributed by atoms with Crippen molar-refractivity contribution < 1.29 is 9.47 Å². The lowest BCUT2D eigenvalue weighted by Gasteiger charge is -2.29. The van der Waals surface area contributed by atoms with Gasteiger partial charge in [0.15, 0.2) is 0 Å². The molecule has 5 heterocycles. The smallest absolute Gasteiger partial charge is 0.222 e. The molecule has 0 N–H and O–H groups in total. The summed E-state index contributed by atoms with van der Waals surface area (Å²) in [6.45, 7) is 6.34. The summed E-state index contributed by atoms with van der Waals surface area (Å²) in [5.41, 5.74) is 11.6. The lowest BCUT2D eigenvalue weighted by Crippen LogP contribution is -2.37. The van der Waals surface area contributed by atoms with E-state index in [2.05, 4.69) is 38.7 Å². The number of azide groups is 1. The molecule has 162 valence electrons. The fourth-order valence-electron chi connectivity index (χ4n) is 4.39. The Morgan fingerprint density at radius 1 is 1.35 bits per heavy atom. The van der Waals surface area contributed by atoms with Crippen molar-refractivity contribution in [3.63, 3.8) is 0 Å². The fraction of sp³-hybridized carbons (Fsp3) is 0.550. The second kappa shape index (κ2) is 7.99. The first kappa shape index (κ1) is 20.0. The maximum Gasteiger partial charge on any atom is 0.222 e. The number of hydrogen-bond donors (Lipinski definition) is 0. The number of fused-ring (bicyclic) bond motifs is 2. The molecule has 2 aliphatic heterocycles. The van der Waals surface area contributed by atoms with Gasteiger partial charge in [0.2, 0.25) is 16.0 Å². The van der Waals surface area contributed by atoms with Crippen LogP contribution in [0.1, 0.15) is 31.9 Å². The van der Waals surface area contributed by atoms with E-state index >= 15 is 0 Å². The van der Waals surface area contributed by atoms with E-state index in [0.29, 0.717) is 18.4 Å². The number of ether oxygens (including phenoxy) is 2. The van der Waals surface area contributed by atoms with E-state index < -0.39 is 0 Å². The number of rotatable bonds is 5. The first-order chi connectivity index (χ1) is 15.1. The first-order valence-electron chi connectivity index (χ1n) is 10.4. The van der Waals surface area contributed by atoms with Gasteiger partial charge < -0.3 is 14.4 Å². The second-order valence-corrected chi connectivity index (χ2v) is 9.14. The van der Waals surface area contributed by atoms with Crippen LogP contribution in [-0.4, -0.2) is 58.5 Å². The van der Waals surface area contributed by atoms with Gasteiger partial charge in [0.05, 0.1) is 30.7 Å². The zero-order valence-corrected chi connectivity index (χ0v) is 18.5. The predicted octanol–water partition coefficient (Wildman–Crippen LogP) is 3.89. The Morgan fingerprint density at radius 2 is 2.23 bits per heavy atom. The quantitative estimate of drug-likeness (QED) is 0.338. The van der Waals surface area contributed by atoms with Crippen LogP contribution in [0.25, 0.3) is 26.7 Å². The lowest BCUT2D eigenvalue weighted by molar-refractivity contribution is -0.00894. The van der Waals surface area contributed by atoms with Crippen LogP contribution in [0.4, 0.5) is 5.13 Å². The van der Waals surface area contributed by atoms with Crippen LogP contribution >= 0.6 is 11.3 Å². The summed E-state index contributed by atoms with van der Waals surface area (Å²) >= 11 is 1.54. The largest absolute Gasteiger partial charge is 0.480 e. The number of aromatic nitrogens is 4. The summed E-state index contributed by atoms with van der Waals surface area (Å²) in [5, 5.41) is 9.73. The molecule has 31 heavy (non-hydrogen) atoms. The van der Waals surface area contributed by atoms with Crippen molar-refractivity contribution in [3.8, 4) is 17.1 Å². The van der Waals surface area contributed by atoms with Crippen LogP contribution in [0.2, 0.25) is 0 Å². The standard InChI is InChI=1S/C20H24N8O2S/c1-11(2)14-5-4-12(18(23-14)29-3)16-8-22-19-28(16)25-20(31-19)27-9-13-15(24-26-21)6-7-30-17(13)10-27/h4-5,8,11,13,15,17H,6-7,9-10H2,1-3H3/t13-,15+,17+/m1/s1. The molecular weight excluding hydrogens is 416 g/mol. The summed E-state index contributed by atoms with van der Waals surface area (Å²) in [6, 6.07) is 4.02. The number of anilines is 1. The van der Waals surface area contributed by atoms with Crippen molar-refractivity contribution in [3.05, 3.63) is 34.5 Å². The Morgan fingerprint density at radius 3 is 3.00 bits per heavy atom. The Labute approximate surface area is 183 Å². The molecule has 3 aromatic rings. The highest BCUT2D eigenvalue weighted by Gasteiger charge is 2.42. The van der Waals surface area contributed by atoms with Gasteiger partial charge in [-0.25, -0.2) is 14.5 Å². The molecule has 0 aliphatic carbocycles. The minimum atomic E-state index is -0.0248. The Kier molecular flexibility index (Phi) is 5.17. The predicted molar refractivity (Wildman–Crippen MR) is 118 cm³/mol. The van der Waals surface area contributed by atoms with Crippen LogP contribution < -0.4 is 9.64 Å². The Bertz CT molecular complexity index is 1150. The summed E-state index contributed by atoms with van der Waals surface area (Å²) in [5.74, 6) is 1.07. The van der Waals surface area contributed by atoms with E-state index in [1.165, 1.54) is 11.3 Å². The lowest BCUT2D eigenvalue weighted by atomic mass is 9.92. The molecule has 0 aromatic carbocycles. The molecule has 10 nitrogen and oxygen atoms in total. The zero-order valence-electron chi connectivity index (χ0n) is 17.7. The maximum atomic E-state index is 8.88. The number of nitrogens with zero attached hydrogens (tertiary/aromatic N) is 8. The van der Waals surface area contributed by atoms with Gasteiger partial charge in [0.25, 0.3) is 0 Å². The van der Waals surface area contributed by atoms with Crippen molar-refractivity contribution in [2.75, 3.05) is 31.7 Å². The zero-order chi connectivity index (χ0) is 21.5. The number of methoxy groups -OCH3 is 1. The van der Waals surface area contributed by atoms with Gasteiger partial charge in [-0.3, -0.25) is 0 Å². The summed E-state index contributed by atoms with van der Waals surface area (Å²) in [4.78, 5) is 15.3. The van der Waals surface area contributed by atoms with Crippen LogP contribution in [0.3, 0.4) is 0 Å². The van der Waals surface area contributed by atoms with E-state index in [0.717, 1.165) is 46.6 Å². The fourth-order valence-corrected chi connectivity index (χ4v) is 5.28. The average Bonchev–Trinajstić information content (AvgIpc) is 3.47. The third-order valence-electron chi connectivity index (χ3n) is 6.04. The van der Waals surface area contributed by atoms with Crippen LogP contribution in [-0.2, 0) is 4.74 Å². The van der Waals surface area contributed by atoms with Crippen LogP contribution in [0.5, 0.6) is 5.88 Å². The van der Waals surface area contributed by atoms with E-state index in [1.807, 2.05) is 22.8 Å². The maximum absolute atomic E-state index is 8.88. The Balaban J connectivity index is 1.46. The van der Waals surface area contributed by atoms with Crippen LogP contribution in [0.15, 0.2) is 23.4 Å². The molecule has 11 heteroatoms. The molecule has 0 amide bonds. The average molecular weight is 441 g/mol. The van der Waals surface area contributed by atoms with Gasteiger partial charge in [0.1, 0.15) is 0 Å². The number of imidazole rings is 1. The van der Waals surface area contributed by atoms with Crippen molar-refractivity contribution in [1.29, 1.82) is 0 Å². The van der Waals surface area contributed by atoms with E-state index in [9.17, 15) is 0 Å². The summed E-state index contributed by atoms with van der Waals surface area (Å²) in [7, 11) is 1.63. The molecule has 0 spiro atoms. The monoisotopic (exact) mass is 440 g/mol. The van der Waals surface area contributed by atoms with Gasteiger partial charge >= 0.3 is 0 Å². The molecule has 3 aromatic heterocycles. The number of pyridine rings is 1. The van der Waals surface area contributed by atoms with Crippen molar-refractivity contribution in [2.45, 2.75) is 38.3 Å².